The second kappa shape index (κ2) is 11.8. The average molecular weight is 484 g/mol. The zero-order valence-corrected chi connectivity index (χ0v) is 19.4. The molecule has 0 fully saturated rings. The van der Waals surface area contributed by atoms with Crippen LogP contribution in [0.15, 0.2) is 85.5 Å². The van der Waals surface area contributed by atoms with Gasteiger partial charge in [-0.2, -0.15) is 0 Å². The lowest BCUT2D eigenvalue weighted by molar-refractivity contribution is -0.137. The van der Waals surface area contributed by atoms with Crippen LogP contribution in [-0.2, 0) is 35.5 Å². The number of nitrogens with zero attached hydrogens (tertiary/aromatic N) is 5. The van der Waals surface area contributed by atoms with E-state index < -0.39 is 11.9 Å². The molecule has 2 N–H and O–H groups in total. The summed E-state index contributed by atoms with van der Waals surface area (Å²) in [4.78, 5) is 42.4. The van der Waals surface area contributed by atoms with Gasteiger partial charge in [-0.1, -0.05) is 24.3 Å². The van der Waals surface area contributed by atoms with Crippen molar-refractivity contribution < 1.29 is 19.8 Å². The summed E-state index contributed by atoms with van der Waals surface area (Å²) in [5, 5.41) is 18.1. The van der Waals surface area contributed by atoms with Gasteiger partial charge in [0.05, 0.1) is 41.7 Å². The molecule has 0 unspecified atom stereocenters. The molecule has 0 aromatic carbocycles. The molecular weight excluding hydrogens is 458 g/mol. The molecule has 4 heterocycles. The second-order valence-corrected chi connectivity index (χ2v) is 8.27. The number of rotatable bonds is 11. The van der Waals surface area contributed by atoms with Crippen LogP contribution in [0.2, 0.25) is 0 Å². The van der Waals surface area contributed by atoms with Gasteiger partial charge in [-0.15, -0.1) is 0 Å². The number of carbonyl (C=O) groups is 2. The summed E-state index contributed by atoms with van der Waals surface area (Å²) in [7, 11) is 0. The highest BCUT2D eigenvalue weighted by Crippen LogP contribution is 2.29. The fourth-order valence-corrected chi connectivity index (χ4v) is 3.91. The van der Waals surface area contributed by atoms with Gasteiger partial charge < -0.3 is 10.2 Å². The molecule has 36 heavy (non-hydrogen) atoms. The Labute approximate surface area is 208 Å². The summed E-state index contributed by atoms with van der Waals surface area (Å²) in [6.45, 7) is 0.841. The molecule has 9 heteroatoms. The maximum atomic E-state index is 11.0. The second-order valence-electron chi connectivity index (χ2n) is 8.27. The molecule has 0 saturated heterocycles. The normalized spacial score (nSPS) is 11.1. The van der Waals surface area contributed by atoms with Crippen molar-refractivity contribution in [2.24, 2.45) is 0 Å². The quantitative estimate of drug-likeness (QED) is 0.330. The zero-order valence-electron chi connectivity index (χ0n) is 19.4. The number of pyridine rings is 4. The number of hydrogen-bond acceptors (Lipinski definition) is 7. The highest BCUT2D eigenvalue weighted by molar-refractivity contribution is 5.70. The molecule has 0 bridgehead atoms. The fourth-order valence-electron chi connectivity index (χ4n) is 3.91. The molecule has 0 saturated carbocycles. The number of aromatic nitrogens is 4. The van der Waals surface area contributed by atoms with Crippen LogP contribution in [0.1, 0.15) is 39.9 Å². The van der Waals surface area contributed by atoms with Gasteiger partial charge in [0.2, 0.25) is 0 Å². The molecule has 0 spiro atoms. The summed E-state index contributed by atoms with van der Waals surface area (Å²) in [6.07, 6.45) is 6.46. The van der Waals surface area contributed by atoms with E-state index in [1.54, 1.807) is 36.9 Å². The van der Waals surface area contributed by atoms with E-state index in [4.69, 9.17) is 10.2 Å². The predicted molar refractivity (Wildman–Crippen MR) is 131 cm³/mol. The fraction of sp³-hybridized carbons (Fsp3) is 0.185. The smallest absolute Gasteiger partial charge is 0.307 e. The average Bonchev–Trinajstić information content (AvgIpc) is 2.87. The topological polar surface area (TPSA) is 129 Å². The molecule has 0 radical (unpaired) electrons. The van der Waals surface area contributed by atoms with Gasteiger partial charge in [0.15, 0.2) is 0 Å². The Morgan fingerprint density at radius 1 is 0.667 bits per heavy atom. The lowest BCUT2D eigenvalue weighted by Crippen LogP contribution is -2.31. The van der Waals surface area contributed by atoms with Gasteiger partial charge in [-0.05, 0) is 47.5 Å². The monoisotopic (exact) mass is 483 g/mol. The van der Waals surface area contributed by atoms with Crippen LogP contribution in [0.3, 0.4) is 0 Å². The first-order chi connectivity index (χ1) is 17.5. The maximum Gasteiger partial charge on any atom is 0.307 e. The third kappa shape index (κ3) is 6.77. The third-order valence-corrected chi connectivity index (χ3v) is 5.51. The van der Waals surface area contributed by atoms with Gasteiger partial charge >= 0.3 is 11.9 Å². The van der Waals surface area contributed by atoms with Crippen LogP contribution in [0.5, 0.6) is 0 Å². The van der Waals surface area contributed by atoms with Crippen molar-refractivity contribution in [2.45, 2.75) is 32.0 Å². The maximum absolute atomic E-state index is 11.0. The molecule has 4 aromatic rings. The van der Waals surface area contributed by atoms with Crippen molar-refractivity contribution in [3.63, 3.8) is 0 Å². The van der Waals surface area contributed by atoms with Crippen LogP contribution in [-0.4, -0.2) is 47.0 Å². The Balaban J connectivity index is 1.69. The van der Waals surface area contributed by atoms with Crippen molar-refractivity contribution in [3.8, 4) is 0 Å². The van der Waals surface area contributed by atoms with E-state index in [1.165, 1.54) is 0 Å². The number of aliphatic carboxylic acids is 2. The van der Waals surface area contributed by atoms with Crippen LogP contribution in [0.4, 0.5) is 0 Å². The zero-order chi connectivity index (χ0) is 25.3. The Morgan fingerprint density at radius 2 is 1.14 bits per heavy atom. The molecule has 0 atom stereocenters. The summed E-state index contributed by atoms with van der Waals surface area (Å²) in [5.41, 5.74) is 4.37. The Hall–Kier alpha value is -4.50. The highest BCUT2D eigenvalue weighted by atomic mass is 16.4. The minimum atomic E-state index is -0.908. The highest BCUT2D eigenvalue weighted by Gasteiger charge is 2.26. The first-order valence-electron chi connectivity index (χ1n) is 11.3. The summed E-state index contributed by atoms with van der Waals surface area (Å²) in [5.74, 6) is -1.82. The number of carboxylic acids is 2. The molecule has 4 rings (SSSR count). The van der Waals surface area contributed by atoms with Crippen LogP contribution < -0.4 is 0 Å². The Morgan fingerprint density at radius 3 is 1.47 bits per heavy atom. The van der Waals surface area contributed by atoms with Crippen molar-refractivity contribution in [1.82, 2.24) is 24.8 Å². The molecule has 182 valence electrons. The Kier molecular flexibility index (Phi) is 8.05. The largest absolute Gasteiger partial charge is 0.481 e. The van der Waals surface area contributed by atoms with Gasteiger partial charge in [0.25, 0.3) is 0 Å². The standard InChI is InChI=1S/C27H25N5O4/c33-25(34)13-19-7-9-21(30-15-19)17-32(18-22-10-8-20(16-31-22)14-26(35)36)27(23-5-1-3-11-28-23)24-6-2-4-12-29-24/h1-12,15-16,27H,13-14,17-18H2,(H,33,34)(H,35,36). The minimum Gasteiger partial charge on any atom is -0.481 e. The lowest BCUT2D eigenvalue weighted by Gasteiger charge is -2.30. The van der Waals surface area contributed by atoms with E-state index in [2.05, 4.69) is 24.8 Å². The van der Waals surface area contributed by atoms with Crippen LogP contribution in [0.25, 0.3) is 0 Å². The number of hydrogen-bond donors (Lipinski definition) is 2. The molecule has 0 amide bonds. The summed E-state index contributed by atoms with van der Waals surface area (Å²) < 4.78 is 0. The lowest BCUT2D eigenvalue weighted by atomic mass is 10.0. The molecule has 4 aromatic heterocycles. The van der Waals surface area contributed by atoms with Crippen molar-refractivity contribution in [1.29, 1.82) is 0 Å². The molecule has 9 nitrogen and oxygen atoms in total. The van der Waals surface area contributed by atoms with E-state index in [9.17, 15) is 9.59 Å². The molecule has 0 aliphatic rings. The summed E-state index contributed by atoms with van der Waals surface area (Å²) >= 11 is 0. The minimum absolute atomic E-state index is 0.0892. The van der Waals surface area contributed by atoms with Crippen molar-refractivity contribution in [3.05, 3.63) is 119 Å². The molecule has 0 aliphatic carbocycles. The third-order valence-electron chi connectivity index (χ3n) is 5.51. The van der Waals surface area contributed by atoms with E-state index in [-0.39, 0.29) is 18.9 Å². The Bertz CT molecular complexity index is 1180. The number of carboxylic acid groups (broad SMARTS) is 2. The van der Waals surface area contributed by atoms with E-state index in [1.807, 2.05) is 48.5 Å². The van der Waals surface area contributed by atoms with Crippen LogP contribution >= 0.6 is 0 Å². The van der Waals surface area contributed by atoms with Crippen molar-refractivity contribution in [2.75, 3.05) is 0 Å². The van der Waals surface area contributed by atoms with Crippen LogP contribution in [0, 0.1) is 0 Å². The van der Waals surface area contributed by atoms with Gasteiger partial charge in [-0.3, -0.25) is 34.4 Å². The van der Waals surface area contributed by atoms with Crippen molar-refractivity contribution >= 4 is 11.9 Å². The SMILES string of the molecule is O=C(O)Cc1ccc(CN(Cc2ccc(CC(=O)O)cn2)C(c2ccccn2)c2ccccn2)nc1. The first-order valence-corrected chi connectivity index (χ1v) is 11.3. The predicted octanol–water partition coefficient (Wildman–Crippen LogP) is 3.31. The van der Waals surface area contributed by atoms with E-state index >= 15 is 0 Å². The molecular formula is C27H25N5O4. The van der Waals surface area contributed by atoms with Gasteiger partial charge in [0.1, 0.15) is 0 Å². The van der Waals surface area contributed by atoms with Gasteiger partial charge in [0, 0.05) is 37.9 Å². The van der Waals surface area contributed by atoms with E-state index in [0.717, 1.165) is 22.8 Å². The summed E-state index contributed by atoms with van der Waals surface area (Å²) in [6, 6.07) is 18.3. The van der Waals surface area contributed by atoms with E-state index in [0.29, 0.717) is 24.2 Å². The first kappa shape index (κ1) is 24.6. The van der Waals surface area contributed by atoms with Gasteiger partial charge in [-0.25, -0.2) is 0 Å². The molecule has 0 aliphatic heterocycles.